The van der Waals surface area contributed by atoms with Gasteiger partial charge < -0.3 is 10.3 Å². The van der Waals surface area contributed by atoms with Gasteiger partial charge in [-0.15, -0.1) is 0 Å². The molecule has 0 fully saturated rings. The van der Waals surface area contributed by atoms with E-state index in [1.165, 1.54) is 0 Å². The molecule has 0 saturated carbocycles. The second-order valence-electron chi connectivity index (χ2n) is 2.73. The zero-order valence-corrected chi connectivity index (χ0v) is 7.34. The fourth-order valence-corrected chi connectivity index (χ4v) is 1.52. The van der Waals surface area contributed by atoms with Gasteiger partial charge in [0, 0.05) is 18.6 Å². The second-order valence-corrected chi connectivity index (χ2v) is 3.13. The van der Waals surface area contributed by atoms with Crippen molar-refractivity contribution in [3.8, 4) is 0 Å². The highest BCUT2D eigenvalue weighted by atomic mass is 35.5. The average molecular weight is 182 g/mol. The minimum absolute atomic E-state index is 0.635. The van der Waals surface area contributed by atoms with Crippen LogP contribution < -0.4 is 5.73 Å². The van der Waals surface area contributed by atoms with Crippen molar-refractivity contribution >= 4 is 28.3 Å². The van der Waals surface area contributed by atoms with Gasteiger partial charge in [0.15, 0.2) is 0 Å². The number of pyridine rings is 1. The molecule has 0 aliphatic heterocycles. The first-order valence-electron chi connectivity index (χ1n) is 3.54. The molecule has 2 rings (SSSR count). The van der Waals surface area contributed by atoms with E-state index < -0.39 is 0 Å². The van der Waals surface area contributed by atoms with Crippen LogP contribution in [-0.2, 0) is 7.05 Å². The summed E-state index contributed by atoms with van der Waals surface area (Å²) in [6, 6.07) is 1.82. The first-order valence-corrected chi connectivity index (χ1v) is 3.92. The van der Waals surface area contributed by atoms with Crippen LogP contribution >= 0.6 is 11.6 Å². The average Bonchev–Trinajstić information content (AvgIpc) is 2.28. The van der Waals surface area contributed by atoms with E-state index in [1.807, 2.05) is 23.9 Å². The zero-order chi connectivity index (χ0) is 8.72. The molecule has 0 aliphatic rings. The summed E-state index contributed by atoms with van der Waals surface area (Å²) in [5.74, 6) is 0. The summed E-state index contributed by atoms with van der Waals surface area (Å²) in [7, 11) is 1.90. The first-order chi connectivity index (χ1) is 5.68. The molecular formula is C8H8ClN3. The van der Waals surface area contributed by atoms with Crippen LogP contribution in [0.1, 0.15) is 0 Å². The van der Waals surface area contributed by atoms with Gasteiger partial charge in [0.2, 0.25) is 0 Å². The van der Waals surface area contributed by atoms with Crippen molar-refractivity contribution in [3.63, 3.8) is 0 Å². The highest BCUT2D eigenvalue weighted by Crippen LogP contribution is 2.24. The zero-order valence-electron chi connectivity index (χ0n) is 6.58. The van der Waals surface area contributed by atoms with Gasteiger partial charge in [0.25, 0.3) is 0 Å². The molecule has 0 amide bonds. The molecular weight excluding hydrogens is 174 g/mol. The standard InChI is InChI=1S/C8H8ClN3/c1-12-4-7(9)6-2-5(10)3-11-8(6)12/h2-4H,10H2,1H3. The predicted molar refractivity (Wildman–Crippen MR) is 50.1 cm³/mol. The Morgan fingerprint density at radius 3 is 3.08 bits per heavy atom. The van der Waals surface area contributed by atoms with Crippen molar-refractivity contribution < 1.29 is 0 Å². The maximum Gasteiger partial charge on any atom is 0.141 e. The summed E-state index contributed by atoms with van der Waals surface area (Å²) in [4.78, 5) is 4.15. The Morgan fingerprint density at radius 1 is 1.58 bits per heavy atom. The number of nitrogen functional groups attached to an aromatic ring is 1. The van der Waals surface area contributed by atoms with Crippen molar-refractivity contribution in [1.82, 2.24) is 9.55 Å². The number of anilines is 1. The Balaban J connectivity index is 2.90. The van der Waals surface area contributed by atoms with Gasteiger partial charge in [-0.25, -0.2) is 4.98 Å². The van der Waals surface area contributed by atoms with Gasteiger partial charge >= 0.3 is 0 Å². The number of aryl methyl sites for hydroxylation is 1. The molecule has 0 atom stereocenters. The van der Waals surface area contributed by atoms with E-state index in [0.717, 1.165) is 11.0 Å². The van der Waals surface area contributed by atoms with Crippen LogP contribution in [0.4, 0.5) is 5.69 Å². The molecule has 2 aromatic heterocycles. The number of hydrogen-bond acceptors (Lipinski definition) is 2. The Bertz CT molecular complexity index is 433. The van der Waals surface area contributed by atoms with E-state index in [2.05, 4.69) is 4.98 Å². The second kappa shape index (κ2) is 2.38. The number of halogens is 1. The van der Waals surface area contributed by atoms with Crippen LogP contribution in [0.3, 0.4) is 0 Å². The van der Waals surface area contributed by atoms with Crippen LogP contribution in [0, 0.1) is 0 Å². The molecule has 0 aliphatic carbocycles. The van der Waals surface area contributed by atoms with E-state index in [4.69, 9.17) is 17.3 Å². The third kappa shape index (κ3) is 0.940. The third-order valence-corrected chi connectivity index (χ3v) is 2.09. The molecule has 3 nitrogen and oxygen atoms in total. The summed E-state index contributed by atoms with van der Waals surface area (Å²) in [5.41, 5.74) is 7.06. The van der Waals surface area contributed by atoms with Gasteiger partial charge in [-0.1, -0.05) is 11.6 Å². The number of fused-ring (bicyclic) bond motifs is 1. The van der Waals surface area contributed by atoms with Crippen LogP contribution in [0.2, 0.25) is 5.02 Å². The van der Waals surface area contributed by atoms with Gasteiger partial charge in [0.05, 0.1) is 16.9 Å². The number of hydrogen-bond donors (Lipinski definition) is 1. The fraction of sp³-hybridized carbons (Fsp3) is 0.125. The monoisotopic (exact) mass is 181 g/mol. The lowest BCUT2D eigenvalue weighted by atomic mass is 10.3. The number of aromatic nitrogens is 2. The molecule has 0 saturated heterocycles. The molecule has 2 aromatic rings. The van der Waals surface area contributed by atoms with E-state index in [-0.39, 0.29) is 0 Å². The number of nitrogens with two attached hydrogens (primary N) is 1. The molecule has 0 spiro atoms. The predicted octanol–water partition coefficient (Wildman–Crippen LogP) is 1.81. The molecule has 0 aromatic carbocycles. The largest absolute Gasteiger partial charge is 0.397 e. The lowest BCUT2D eigenvalue weighted by Gasteiger charge is -1.94. The van der Waals surface area contributed by atoms with Crippen LogP contribution in [0.5, 0.6) is 0 Å². The minimum Gasteiger partial charge on any atom is -0.397 e. The smallest absolute Gasteiger partial charge is 0.141 e. The lowest BCUT2D eigenvalue weighted by Crippen LogP contribution is -1.89. The van der Waals surface area contributed by atoms with E-state index in [9.17, 15) is 0 Å². The molecule has 4 heteroatoms. The number of nitrogens with zero attached hydrogens (tertiary/aromatic N) is 2. The molecule has 0 radical (unpaired) electrons. The van der Waals surface area contributed by atoms with Crippen molar-refractivity contribution in [2.45, 2.75) is 0 Å². The SMILES string of the molecule is Cn1cc(Cl)c2cc(N)cnc21. The van der Waals surface area contributed by atoms with Gasteiger partial charge in [-0.2, -0.15) is 0 Å². The van der Waals surface area contributed by atoms with Crippen molar-refractivity contribution in [2.24, 2.45) is 7.05 Å². The van der Waals surface area contributed by atoms with E-state index in [1.54, 1.807) is 6.20 Å². The summed E-state index contributed by atoms with van der Waals surface area (Å²) >= 11 is 5.93. The Kier molecular flexibility index (Phi) is 1.48. The highest BCUT2D eigenvalue weighted by molar-refractivity contribution is 6.35. The quantitative estimate of drug-likeness (QED) is 0.674. The van der Waals surface area contributed by atoms with Crippen LogP contribution in [0.15, 0.2) is 18.5 Å². The molecule has 2 N–H and O–H groups in total. The number of rotatable bonds is 0. The Morgan fingerprint density at radius 2 is 2.33 bits per heavy atom. The minimum atomic E-state index is 0.635. The van der Waals surface area contributed by atoms with Gasteiger partial charge in [-0.05, 0) is 6.07 Å². The summed E-state index contributed by atoms with van der Waals surface area (Å²) in [6.45, 7) is 0. The van der Waals surface area contributed by atoms with Crippen molar-refractivity contribution in [3.05, 3.63) is 23.5 Å². The molecule has 2 heterocycles. The summed E-state index contributed by atoms with van der Waals surface area (Å²) in [5, 5.41) is 1.59. The molecule has 12 heavy (non-hydrogen) atoms. The van der Waals surface area contributed by atoms with Crippen molar-refractivity contribution in [2.75, 3.05) is 5.73 Å². The third-order valence-electron chi connectivity index (χ3n) is 1.79. The molecule has 0 unspecified atom stereocenters. The fourth-order valence-electron chi connectivity index (χ4n) is 1.23. The van der Waals surface area contributed by atoms with Gasteiger partial charge in [-0.3, -0.25) is 0 Å². The Hall–Kier alpha value is -1.22. The summed E-state index contributed by atoms with van der Waals surface area (Å²) < 4.78 is 1.87. The maximum absolute atomic E-state index is 5.93. The van der Waals surface area contributed by atoms with Gasteiger partial charge in [0.1, 0.15) is 5.65 Å². The highest BCUT2D eigenvalue weighted by Gasteiger charge is 2.04. The van der Waals surface area contributed by atoms with Crippen molar-refractivity contribution in [1.29, 1.82) is 0 Å². The van der Waals surface area contributed by atoms with E-state index in [0.29, 0.717) is 10.7 Å². The topological polar surface area (TPSA) is 43.8 Å². The normalized spacial score (nSPS) is 10.8. The molecule has 0 bridgehead atoms. The van der Waals surface area contributed by atoms with Crippen LogP contribution in [0.25, 0.3) is 11.0 Å². The Labute approximate surface area is 74.8 Å². The van der Waals surface area contributed by atoms with E-state index >= 15 is 0 Å². The van der Waals surface area contributed by atoms with Crippen LogP contribution in [-0.4, -0.2) is 9.55 Å². The summed E-state index contributed by atoms with van der Waals surface area (Å²) in [6.07, 6.45) is 3.44. The first kappa shape index (κ1) is 7.43. The maximum atomic E-state index is 5.93. The lowest BCUT2D eigenvalue weighted by molar-refractivity contribution is 0.949. The molecule has 62 valence electrons.